The molecule has 2 saturated heterocycles. The first kappa shape index (κ1) is 16.2. The summed E-state index contributed by atoms with van der Waals surface area (Å²) in [7, 11) is 1.80. The van der Waals surface area contributed by atoms with Gasteiger partial charge >= 0.3 is 5.69 Å². The van der Waals surface area contributed by atoms with E-state index in [1.54, 1.807) is 24.1 Å². The van der Waals surface area contributed by atoms with E-state index < -0.39 is 0 Å². The molecule has 0 saturated carbocycles. The van der Waals surface area contributed by atoms with Gasteiger partial charge in [0, 0.05) is 62.9 Å². The van der Waals surface area contributed by atoms with Crippen LogP contribution in [0.4, 0.5) is 5.82 Å². The summed E-state index contributed by atoms with van der Waals surface area (Å²) in [5, 5.41) is 0. The molecule has 2 aliphatic heterocycles. The Morgan fingerprint density at radius 1 is 1.08 bits per heavy atom. The second kappa shape index (κ2) is 6.22. The molecule has 2 unspecified atom stereocenters. The van der Waals surface area contributed by atoms with Crippen molar-refractivity contribution >= 4 is 5.82 Å². The van der Waals surface area contributed by atoms with E-state index in [9.17, 15) is 4.79 Å². The number of aromatic nitrogens is 4. The van der Waals surface area contributed by atoms with Crippen LogP contribution < -0.4 is 10.6 Å². The molecule has 132 valence electrons. The zero-order valence-corrected chi connectivity index (χ0v) is 15.0. The molecule has 2 aromatic heterocycles. The van der Waals surface area contributed by atoms with E-state index in [0.717, 1.165) is 49.9 Å². The Kier molecular flexibility index (Phi) is 4.03. The summed E-state index contributed by atoms with van der Waals surface area (Å²) >= 11 is 0. The van der Waals surface area contributed by atoms with Crippen LogP contribution in [0.2, 0.25) is 0 Å². The molecule has 0 spiro atoms. The van der Waals surface area contributed by atoms with Crippen molar-refractivity contribution in [1.29, 1.82) is 0 Å². The molecule has 2 atom stereocenters. The molecular formula is C18H24N6O. The minimum atomic E-state index is -0.183. The molecule has 0 amide bonds. The summed E-state index contributed by atoms with van der Waals surface area (Å²) in [4.78, 5) is 29.1. The lowest BCUT2D eigenvalue weighted by molar-refractivity contribution is 0.300. The molecule has 7 heteroatoms. The van der Waals surface area contributed by atoms with Gasteiger partial charge in [-0.3, -0.25) is 9.47 Å². The number of likely N-dealkylation sites (tertiary alicyclic amines) is 1. The van der Waals surface area contributed by atoms with Crippen molar-refractivity contribution in [2.45, 2.75) is 20.4 Å². The van der Waals surface area contributed by atoms with Crippen molar-refractivity contribution in [1.82, 2.24) is 24.4 Å². The maximum atomic E-state index is 11.7. The number of nitrogens with zero attached hydrogens (tertiary/aromatic N) is 6. The predicted octanol–water partition coefficient (Wildman–Crippen LogP) is 0.755. The molecule has 2 aliphatic rings. The van der Waals surface area contributed by atoms with E-state index in [0.29, 0.717) is 11.8 Å². The van der Waals surface area contributed by atoms with Gasteiger partial charge in [0.2, 0.25) is 0 Å². The van der Waals surface area contributed by atoms with Crippen LogP contribution in [-0.4, -0.2) is 50.6 Å². The van der Waals surface area contributed by atoms with Crippen LogP contribution in [0, 0.1) is 25.7 Å². The fourth-order valence-electron chi connectivity index (χ4n) is 4.13. The smallest absolute Gasteiger partial charge is 0.347 e. The largest absolute Gasteiger partial charge is 0.356 e. The number of rotatable bonds is 3. The third-order valence-electron chi connectivity index (χ3n) is 5.73. The first-order chi connectivity index (χ1) is 12.0. The average Bonchev–Trinajstić information content (AvgIpc) is 3.13. The molecule has 0 radical (unpaired) electrons. The van der Waals surface area contributed by atoms with Crippen LogP contribution in [-0.2, 0) is 13.6 Å². The SMILES string of the molecule is Cc1ncnc(N2CC3CN(Cc4ccnc(=O)n4C)CC3C2)c1C. The van der Waals surface area contributed by atoms with Gasteiger partial charge in [-0.15, -0.1) is 0 Å². The number of hydrogen-bond donors (Lipinski definition) is 0. The normalized spacial score (nSPS) is 23.2. The molecule has 7 nitrogen and oxygen atoms in total. The lowest BCUT2D eigenvalue weighted by Gasteiger charge is -2.24. The van der Waals surface area contributed by atoms with Crippen LogP contribution in [0.3, 0.4) is 0 Å². The summed E-state index contributed by atoms with van der Waals surface area (Å²) in [5.74, 6) is 2.41. The zero-order valence-electron chi connectivity index (χ0n) is 15.0. The Labute approximate surface area is 147 Å². The Bertz CT molecular complexity index is 834. The summed E-state index contributed by atoms with van der Waals surface area (Å²) < 4.78 is 1.65. The fraction of sp³-hybridized carbons (Fsp3) is 0.556. The lowest BCUT2D eigenvalue weighted by Crippen LogP contribution is -2.31. The van der Waals surface area contributed by atoms with Crippen LogP contribution in [0.25, 0.3) is 0 Å². The van der Waals surface area contributed by atoms with Gasteiger partial charge in [0.1, 0.15) is 12.1 Å². The summed E-state index contributed by atoms with van der Waals surface area (Å²) in [6.07, 6.45) is 3.28. The van der Waals surface area contributed by atoms with Crippen molar-refractivity contribution in [3.05, 3.63) is 46.0 Å². The topological polar surface area (TPSA) is 67.2 Å². The van der Waals surface area contributed by atoms with E-state index in [-0.39, 0.29) is 5.69 Å². The highest BCUT2D eigenvalue weighted by Crippen LogP contribution is 2.34. The third-order valence-corrected chi connectivity index (χ3v) is 5.73. The van der Waals surface area contributed by atoms with Gasteiger partial charge in [-0.2, -0.15) is 0 Å². The highest BCUT2D eigenvalue weighted by molar-refractivity contribution is 5.48. The van der Waals surface area contributed by atoms with Crippen LogP contribution in [0.15, 0.2) is 23.4 Å². The van der Waals surface area contributed by atoms with Gasteiger partial charge in [0.05, 0.1) is 0 Å². The van der Waals surface area contributed by atoms with Crippen molar-refractivity contribution in [3.63, 3.8) is 0 Å². The van der Waals surface area contributed by atoms with Gasteiger partial charge in [0.15, 0.2) is 0 Å². The minimum absolute atomic E-state index is 0.183. The number of anilines is 1. The maximum Gasteiger partial charge on any atom is 0.347 e. The van der Waals surface area contributed by atoms with E-state index in [4.69, 9.17) is 0 Å². The second-order valence-corrected chi connectivity index (χ2v) is 7.30. The van der Waals surface area contributed by atoms with E-state index in [1.807, 2.05) is 13.0 Å². The van der Waals surface area contributed by atoms with E-state index in [2.05, 4.69) is 31.7 Å². The number of hydrogen-bond acceptors (Lipinski definition) is 6. The Hall–Kier alpha value is -2.28. The highest BCUT2D eigenvalue weighted by atomic mass is 16.1. The van der Waals surface area contributed by atoms with Crippen molar-refractivity contribution in [2.75, 3.05) is 31.1 Å². The van der Waals surface area contributed by atoms with Gasteiger partial charge in [-0.25, -0.2) is 19.7 Å². The predicted molar refractivity (Wildman–Crippen MR) is 95.5 cm³/mol. The Morgan fingerprint density at radius 2 is 1.80 bits per heavy atom. The van der Waals surface area contributed by atoms with E-state index in [1.165, 1.54) is 5.56 Å². The molecule has 0 aromatic carbocycles. The first-order valence-electron chi connectivity index (χ1n) is 8.79. The molecule has 4 rings (SSSR count). The van der Waals surface area contributed by atoms with Crippen LogP contribution in [0.5, 0.6) is 0 Å². The second-order valence-electron chi connectivity index (χ2n) is 7.30. The number of aryl methyl sites for hydroxylation is 1. The Balaban J connectivity index is 1.43. The average molecular weight is 340 g/mol. The fourth-order valence-corrected chi connectivity index (χ4v) is 4.13. The van der Waals surface area contributed by atoms with Gasteiger partial charge in [0.25, 0.3) is 0 Å². The van der Waals surface area contributed by atoms with Gasteiger partial charge in [-0.1, -0.05) is 0 Å². The van der Waals surface area contributed by atoms with Crippen LogP contribution >= 0.6 is 0 Å². The first-order valence-corrected chi connectivity index (χ1v) is 8.79. The molecule has 0 aliphatic carbocycles. The monoisotopic (exact) mass is 340 g/mol. The highest BCUT2D eigenvalue weighted by Gasteiger charge is 2.40. The van der Waals surface area contributed by atoms with Gasteiger partial charge in [-0.05, 0) is 31.7 Å². The molecule has 25 heavy (non-hydrogen) atoms. The van der Waals surface area contributed by atoms with Gasteiger partial charge < -0.3 is 4.90 Å². The maximum absolute atomic E-state index is 11.7. The summed E-state index contributed by atoms with van der Waals surface area (Å²) in [6, 6.07) is 1.94. The quantitative estimate of drug-likeness (QED) is 0.822. The molecule has 0 bridgehead atoms. The summed E-state index contributed by atoms with van der Waals surface area (Å²) in [5.41, 5.74) is 3.09. The molecule has 2 fully saturated rings. The molecular weight excluding hydrogens is 316 g/mol. The third kappa shape index (κ3) is 2.93. The van der Waals surface area contributed by atoms with E-state index >= 15 is 0 Å². The van der Waals surface area contributed by atoms with Crippen molar-refractivity contribution < 1.29 is 0 Å². The van der Waals surface area contributed by atoms with Crippen LogP contribution in [0.1, 0.15) is 17.0 Å². The lowest BCUT2D eigenvalue weighted by atomic mass is 10.0. The number of fused-ring (bicyclic) bond motifs is 1. The molecule has 0 N–H and O–H groups in total. The Morgan fingerprint density at radius 3 is 2.52 bits per heavy atom. The standard InChI is InChI=1S/C18H24N6O/c1-12-13(2)20-11-21-17(12)24-8-14-6-23(7-15(14)9-24)10-16-4-5-19-18(25)22(16)3/h4-5,11,14-15H,6-10H2,1-3H3. The van der Waals surface area contributed by atoms with Crippen molar-refractivity contribution in [3.8, 4) is 0 Å². The molecule has 4 heterocycles. The summed E-state index contributed by atoms with van der Waals surface area (Å²) in [6.45, 7) is 9.20. The zero-order chi connectivity index (χ0) is 17.6. The van der Waals surface area contributed by atoms with Crippen molar-refractivity contribution in [2.24, 2.45) is 18.9 Å². The minimum Gasteiger partial charge on any atom is -0.356 e. The molecule has 2 aromatic rings.